The Bertz CT molecular complexity index is 618. The Kier molecular flexibility index (Phi) is 4.68. The third-order valence-corrected chi connectivity index (χ3v) is 3.59. The van der Waals surface area contributed by atoms with Crippen molar-refractivity contribution >= 4 is 29.1 Å². The molecule has 0 aromatic heterocycles. The first kappa shape index (κ1) is 15.6. The number of allylic oxidation sites excluding steroid dienone is 1. The fraction of sp³-hybridized carbons (Fsp3) is 0.375. The van der Waals surface area contributed by atoms with E-state index in [0.717, 1.165) is 12.0 Å². The Balaban J connectivity index is 2.36. The van der Waals surface area contributed by atoms with Crippen molar-refractivity contribution in [3.63, 3.8) is 0 Å². The quantitative estimate of drug-likeness (QED) is 0.629. The van der Waals surface area contributed by atoms with Gasteiger partial charge >= 0.3 is 0 Å². The molecule has 1 aromatic rings. The van der Waals surface area contributed by atoms with Gasteiger partial charge in [-0.15, -0.1) is 0 Å². The number of nitrogens with zero attached hydrogens (tertiary/aromatic N) is 1. The zero-order valence-electron chi connectivity index (χ0n) is 12.4. The molecule has 1 heterocycles. The number of ether oxygens (including phenoxy) is 1. The summed E-state index contributed by atoms with van der Waals surface area (Å²) in [6, 6.07) is 4.94. The molecule has 2 amide bonds. The van der Waals surface area contributed by atoms with E-state index >= 15 is 0 Å². The predicted octanol–water partition coefficient (Wildman–Crippen LogP) is 3.73. The molecule has 0 N–H and O–H groups in total. The zero-order chi connectivity index (χ0) is 15.6. The standard InChI is InChI=1S/C16H18ClNO3/c1-4-7-21-14-8-11(5-6-13(14)17)18-15(19)9-12(10(2)3)16(18)20/h5-6,8H,4,7,9H2,1-3H3. The molecule has 5 heteroatoms. The third-order valence-electron chi connectivity index (χ3n) is 3.28. The second-order valence-electron chi connectivity index (χ2n) is 5.15. The number of hydrogen-bond donors (Lipinski definition) is 0. The van der Waals surface area contributed by atoms with E-state index in [2.05, 4.69) is 0 Å². The molecule has 0 unspecified atom stereocenters. The molecule has 0 aliphatic carbocycles. The Morgan fingerprint density at radius 2 is 2.05 bits per heavy atom. The van der Waals surface area contributed by atoms with Crippen LogP contribution in [0.15, 0.2) is 29.3 Å². The molecule has 0 bridgehead atoms. The normalized spacial score (nSPS) is 14.9. The van der Waals surface area contributed by atoms with Crippen molar-refractivity contribution in [1.82, 2.24) is 0 Å². The summed E-state index contributed by atoms with van der Waals surface area (Å²) < 4.78 is 5.54. The van der Waals surface area contributed by atoms with Crippen molar-refractivity contribution in [2.45, 2.75) is 33.6 Å². The van der Waals surface area contributed by atoms with E-state index in [1.807, 2.05) is 20.8 Å². The van der Waals surface area contributed by atoms with E-state index in [0.29, 0.717) is 28.6 Å². The summed E-state index contributed by atoms with van der Waals surface area (Å²) in [7, 11) is 0. The van der Waals surface area contributed by atoms with Gasteiger partial charge in [0.1, 0.15) is 5.75 Å². The van der Waals surface area contributed by atoms with Crippen LogP contribution in [0.2, 0.25) is 5.02 Å². The largest absolute Gasteiger partial charge is 0.492 e. The SMILES string of the molecule is CCCOc1cc(N2C(=O)CC(=C(C)C)C2=O)ccc1Cl. The van der Waals surface area contributed by atoms with Gasteiger partial charge in [-0.1, -0.05) is 24.1 Å². The summed E-state index contributed by atoms with van der Waals surface area (Å²) in [5.74, 6) is 0.00555. The minimum absolute atomic E-state index is 0.148. The molecule has 0 spiro atoms. The number of halogens is 1. The van der Waals surface area contributed by atoms with E-state index < -0.39 is 0 Å². The summed E-state index contributed by atoms with van der Waals surface area (Å²) in [5, 5.41) is 0.466. The fourth-order valence-electron chi connectivity index (χ4n) is 2.16. The third kappa shape index (κ3) is 3.10. The van der Waals surface area contributed by atoms with Crippen molar-refractivity contribution < 1.29 is 14.3 Å². The van der Waals surface area contributed by atoms with E-state index in [-0.39, 0.29) is 18.2 Å². The minimum atomic E-state index is -0.260. The van der Waals surface area contributed by atoms with Gasteiger partial charge in [-0.25, -0.2) is 4.90 Å². The number of benzene rings is 1. The van der Waals surface area contributed by atoms with E-state index in [1.54, 1.807) is 18.2 Å². The fourth-order valence-corrected chi connectivity index (χ4v) is 2.33. The van der Waals surface area contributed by atoms with Crippen LogP contribution >= 0.6 is 11.6 Å². The molecular formula is C16H18ClNO3. The molecule has 1 saturated heterocycles. The van der Waals surface area contributed by atoms with Gasteiger partial charge in [-0.3, -0.25) is 9.59 Å². The first-order chi connectivity index (χ1) is 9.95. The highest BCUT2D eigenvalue weighted by Gasteiger charge is 2.35. The molecule has 1 fully saturated rings. The number of imide groups is 1. The highest BCUT2D eigenvalue weighted by molar-refractivity contribution is 6.32. The predicted molar refractivity (Wildman–Crippen MR) is 82.7 cm³/mol. The lowest BCUT2D eigenvalue weighted by molar-refractivity contribution is -0.120. The van der Waals surface area contributed by atoms with Gasteiger partial charge in [0.15, 0.2) is 0 Å². The van der Waals surface area contributed by atoms with Crippen LogP contribution in [-0.2, 0) is 9.59 Å². The molecule has 21 heavy (non-hydrogen) atoms. The lowest BCUT2D eigenvalue weighted by Gasteiger charge is -2.16. The van der Waals surface area contributed by atoms with Crippen LogP contribution < -0.4 is 9.64 Å². The van der Waals surface area contributed by atoms with Gasteiger partial charge in [0.05, 0.1) is 23.7 Å². The topological polar surface area (TPSA) is 46.6 Å². The maximum absolute atomic E-state index is 12.3. The van der Waals surface area contributed by atoms with Crippen LogP contribution in [0, 0.1) is 0 Å². The van der Waals surface area contributed by atoms with Gasteiger partial charge in [-0.2, -0.15) is 0 Å². The number of amides is 2. The summed E-state index contributed by atoms with van der Waals surface area (Å²) >= 11 is 6.07. The lowest BCUT2D eigenvalue weighted by Crippen LogP contribution is -2.29. The molecule has 4 nitrogen and oxygen atoms in total. The molecule has 1 aliphatic heterocycles. The first-order valence-electron chi connectivity index (χ1n) is 6.91. The lowest BCUT2D eigenvalue weighted by atomic mass is 10.1. The second-order valence-corrected chi connectivity index (χ2v) is 5.56. The summed E-state index contributed by atoms with van der Waals surface area (Å²) in [4.78, 5) is 25.6. The number of rotatable bonds is 4. The summed E-state index contributed by atoms with van der Waals surface area (Å²) in [5.41, 5.74) is 1.93. The van der Waals surface area contributed by atoms with Gasteiger partial charge in [-0.05, 0) is 32.4 Å². The molecule has 1 aliphatic rings. The van der Waals surface area contributed by atoms with Gasteiger partial charge in [0.2, 0.25) is 5.91 Å². The highest BCUT2D eigenvalue weighted by atomic mass is 35.5. The van der Waals surface area contributed by atoms with Crippen LogP contribution in [0.4, 0.5) is 5.69 Å². The average molecular weight is 308 g/mol. The molecule has 2 rings (SSSR count). The smallest absolute Gasteiger partial charge is 0.261 e. The van der Waals surface area contributed by atoms with Crippen LogP contribution in [0.3, 0.4) is 0 Å². The number of hydrogen-bond acceptors (Lipinski definition) is 3. The van der Waals surface area contributed by atoms with Crippen molar-refractivity contribution in [2.24, 2.45) is 0 Å². The number of carbonyl (C=O) groups excluding carboxylic acids is 2. The maximum atomic E-state index is 12.3. The number of carbonyl (C=O) groups is 2. The molecule has 0 saturated carbocycles. The Hall–Kier alpha value is -1.81. The van der Waals surface area contributed by atoms with Crippen molar-refractivity contribution in [1.29, 1.82) is 0 Å². The van der Waals surface area contributed by atoms with E-state index in [1.165, 1.54) is 4.90 Å². The number of anilines is 1. The first-order valence-corrected chi connectivity index (χ1v) is 7.29. The second kappa shape index (κ2) is 6.31. The van der Waals surface area contributed by atoms with Crippen LogP contribution in [0.5, 0.6) is 5.75 Å². The van der Waals surface area contributed by atoms with Crippen molar-refractivity contribution in [2.75, 3.05) is 11.5 Å². The Morgan fingerprint density at radius 3 is 2.62 bits per heavy atom. The zero-order valence-corrected chi connectivity index (χ0v) is 13.2. The summed E-state index contributed by atoms with van der Waals surface area (Å²) in [6.07, 6.45) is 0.999. The molecule has 112 valence electrons. The van der Waals surface area contributed by atoms with Crippen molar-refractivity contribution in [3.05, 3.63) is 34.4 Å². The van der Waals surface area contributed by atoms with Gasteiger partial charge in [0, 0.05) is 11.6 Å². The van der Waals surface area contributed by atoms with Crippen molar-refractivity contribution in [3.8, 4) is 5.75 Å². The van der Waals surface area contributed by atoms with Gasteiger partial charge in [0.25, 0.3) is 5.91 Å². The maximum Gasteiger partial charge on any atom is 0.261 e. The van der Waals surface area contributed by atoms with E-state index in [9.17, 15) is 9.59 Å². The molecule has 0 atom stereocenters. The monoisotopic (exact) mass is 307 g/mol. The van der Waals surface area contributed by atoms with Crippen LogP contribution in [0.25, 0.3) is 0 Å². The van der Waals surface area contributed by atoms with Gasteiger partial charge < -0.3 is 4.74 Å². The molecule has 1 aromatic carbocycles. The van der Waals surface area contributed by atoms with Crippen LogP contribution in [0.1, 0.15) is 33.6 Å². The minimum Gasteiger partial charge on any atom is -0.492 e. The molecule has 0 radical (unpaired) electrons. The Labute approximate surface area is 129 Å². The van der Waals surface area contributed by atoms with Crippen LogP contribution in [-0.4, -0.2) is 18.4 Å². The molecular weight excluding hydrogens is 290 g/mol. The van der Waals surface area contributed by atoms with E-state index in [4.69, 9.17) is 16.3 Å². The average Bonchev–Trinajstić information content (AvgIpc) is 2.74. The Morgan fingerprint density at radius 1 is 1.33 bits per heavy atom. The highest BCUT2D eigenvalue weighted by Crippen LogP contribution is 2.33. The summed E-state index contributed by atoms with van der Waals surface area (Å²) in [6.45, 7) is 6.19.